The molecular weight excluding hydrogens is 347 g/mol. The smallest absolute Gasteiger partial charge is 0.226 e. The molecule has 0 aromatic heterocycles. The number of anilines is 2. The second-order valence-corrected chi connectivity index (χ2v) is 6.38. The Morgan fingerprint density at radius 2 is 1.83 bits per heavy atom. The highest BCUT2D eigenvalue weighted by Gasteiger charge is 2.06. The summed E-state index contributed by atoms with van der Waals surface area (Å²) in [5.74, 6) is 0.706. The van der Waals surface area contributed by atoms with Crippen molar-refractivity contribution in [1.82, 2.24) is 0 Å². The molecule has 0 saturated carbocycles. The zero-order valence-electron chi connectivity index (χ0n) is 13.6. The quantitative estimate of drug-likeness (QED) is 0.705. The molecule has 4 nitrogen and oxygen atoms in total. The Morgan fingerprint density at radius 1 is 1.12 bits per heavy atom. The van der Waals surface area contributed by atoms with E-state index in [-0.39, 0.29) is 12.0 Å². The molecule has 24 heavy (non-hydrogen) atoms. The fourth-order valence-corrected chi connectivity index (χ4v) is 2.50. The lowest BCUT2D eigenvalue weighted by molar-refractivity contribution is -0.115. The molecule has 0 aliphatic rings. The number of benzene rings is 2. The highest BCUT2D eigenvalue weighted by atomic mass is 35.5. The van der Waals surface area contributed by atoms with E-state index < -0.39 is 0 Å². The second kappa shape index (κ2) is 8.81. The van der Waals surface area contributed by atoms with Gasteiger partial charge in [0.15, 0.2) is 0 Å². The van der Waals surface area contributed by atoms with Crippen LogP contribution in [0.1, 0.15) is 20.3 Å². The van der Waals surface area contributed by atoms with Crippen molar-refractivity contribution in [2.45, 2.75) is 26.4 Å². The Hall–Kier alpha value is -1.91. The number of carbonyl (C=O) groups excluding carboxylic acids is 1. The number of rotatable bonds is 7. The van der Waals surface area contributed by atoms with Gasteiger partial charge in [-0.05, 0) is 56.3 Å². The Balaban J connectivity index is 1.78. The average Bonchev–Trinajstić information content (AvgIpc) is 2.51. The SMILES string of the molecule is CC(C)Oc1ccc(NCCC(=O)Nc2ccc(Cl)cc2Cl)cc1. The number of hydrogen-bond acceptors (Lipinski definition) is 3. The minimum Gasteiger partial charge on any atom is -0.491 e. The first kappa shape index (κ1) is 18.4. The van der Waals surface area contributed by atoms with Crippen LogP contribution in [0.2, 0.25) is 10.0 Å². The van der Waals surface area contributed by atoms with Crippen molar-refractivity contribution in [1.29, 1.82) is 0 Å². The molecule has 0 radical (unpaired) electrons. The van der Waals surface area contributed by atoms with Crippen LogP contribution in [0.5, 0.6) is 5.75 Å². The van der Waals surface area contributed by atoms with Crippen molar-refractivity contribution in [2.24, 2.45) is 0 Å². The summed E-state index contributed by atoms with van der Waals surface area (Å²) in [5, 5.41) is 6.91. The first-order valence-electron chi connectivity index (χ1n) is 7.69. The van der Waals surface area contributed by atoms with Gasteiger partial charge >= 0.3 is 0 Å². The Bertz CT molecular complexity index is 688. The van der Waals surface area contributed by atoms with Crippen molar-refractivity contribution < 1.29 is 9.53 Å². The van der Waals surface area contributed by atoms with E-state index in [1.54, 1.807) is 18.2 Å². The van der Waals surface area contributed by atoms with E-state index in [1.165, 1.54) is 0 Å². The number of halogens is 2. The van der Waals surface area contributed by atoms with E-state index in [0.29, 0.717) is 28.7 Å². The molecule has 2 aromatic rings. The van der Waals surface area contributed by atoms with Gasteiger partial charge in [-0.15, -0.1) is 0 Å². The van der Waals surface area contributed by atoms with Crippen LogP contribution in [0, 0.1) is 0 Å². The normalized spacial score (nSPS) is 10.5. The minimum absolute atomic E-state index is 0.119. The molecule has 128 valence electrons. The molecule has 2 N–H and O–H groups in total. The van der Waals surface area contributed by atoms with Gasteiger partial charge in [-0.1, -0.05) is 23.2 Å². The molecular formula is C18H20Cl2N2O2. The van der Waals surface area contributed by atoms with Gasteiger partial charge in [0.2, 0.25) is 5.91 Å². The molecule has 0 aliphatic heterocycles. The van der Waals surface area contributed by atoms with E-state index >= 15 is 0 Å². The predicted octanol–water partition coefficient (Wildman–Crippen LogP) is 5.22. The maximum absolute atomic E-state index is 12.0. The van der Waals surface area contributed by atoms with Crippen LogP contribution in [0.15, 0.2) is 42.5 Å². The van der Waals surface area contributed by atoms with Crippen molar-refractivity contribution in [3.8, 4) is 5.75 Å². The molecule has 0 spiro atoms. The molecule has 1 amide bonds. The first-order valence-corrected chi connectivity index (χ1v) is 8.45. The van der Waals surface area contributed by atoms with E-state index in [2.05, 4.69) is 10.6 Å². The molecule has 0 unspecified atom stereocenters. The number of carbonyl (C=O) groups is 1. The maximum Gasteiger partial charge on any atom is 0.226 e. The highest BCUT2D eigenvalue weighted by molar-refractivity contribution is 6.36. The van der Waals surface area contributed by atoms with Gasteiger partial charge in [-0.25, -0.2) is 0 Å². The summed E-state index contributed by atoms with van der Waals surface area (Å²) < 4.78 is 5.58. The predicted molar refractivity (Wildman–Crippen MR) is 100 cm³/mol. The van der Waals surface area contributed by atoms with Crippen LogP contribution >= 0.6 is 23.2 Å². The van der Waals surface area contributed by atoms with Crippen molar-refractivity contribution >= 4 is 40.5 Å². The largest absolute Gasteiger partial charge is 0.491 e. The van der Waals surface area contributed by atoms with Crippen LogP contribution in [0.4, 0.5) is 11.4 Å². The summed E-state index contributed by atoms with van der Waals surface area (Å²) in [6.07, 6.45) is 0.468. The van der Waals surface area contributed by atoms with Gasteiger partial charge in [-0.2, -0.15) is 0 Å². The molecule has 0 fully saturated rings. The Kier molecular flexibility index (Phi) is 6.76. The molecule has 0 saturated heterocycles. The van der Waals surface area contributed by atoms with Gasteiger partial charge in [0.25, 0.3) is 0 Å². The molecule has 0 heterocycles. The third-order valence-corrected chi connectivity index (χ3v) is 3.66. The highest BCUT2D eigenvalue weighted by Crippen LogP contribution is 2.25. The molecule has 6 heteroatoms. The van der Waals surface area contributed by atoms with Crippen molar-refractivity contribution in [3.63, 3.8) is 0 Å². The van der Waals surface area contributed by atoms with Gasteiger partial charge in [-0.3, -0.25) is 4.79 Å². The number of hydrogen-bond donors (Lipinski definition) is 2. The Morgan fingerprint density at radius 3 is 2.46 bits per heavy atom. The van der Waals surface area contributed by atoms with Crippen LogP contribution in [0.3, 0.4) is 0 Å². The minimum atomic E-state index is -0.119. The summed E-state index contributed by atoms with van der Waals surface area (Å²) in [7, 11) is 0. The fourth-order valence-electron chi connectivity index (χ4n) is 2.05. The van der Waals surface area contributed by atoms with Gasteiger partial charge in [0, 0.05) is 23.7 Å². The third-order valence-electron chi connectivity index (χ3n) is 3.11. The van der Waals surface area contributed by atoms with Gasteiger partial charge < -0.3 is 15.4 Å². The van der Waals surface area contributed by atoms with Gasteiger partial charge in [0.05, 0.1) is 16.8 Å². The zero-order valence-corrected chi connectivity index (χ0v) is 15.1. The van der Waals surface area contributed by atoms with Crippen LogP contribution in [-0.2, 0) is 4.79 Å². The fraction of sp³-hybridized carbons (Fsp3) is 0.278. The summed E-state index contributed by atoms with van der Waals surface area (Å²) >= 11 is 11.9. The van der Waals surface area contributed by atoms with Crippen LogP contribution in [-0.4, -0.2) is 18.6 Å². The maximum atomic E-state index is 12.0. The standard InChI is InChI=1S/C18H20Cl2N2O2/c1-12(2)24-15-6-4-14(5-7-15)21-10-9-18(23)22-17-8-3-13(19)11-16(17)20/h3-8,11-12,21H,9-10H2,1-2H3,(H,22,23). The lowest BCUT2D eigenvalue weighted by Crippen LogP contribution is -2.16. The third kappa shape index (κ3) is 5.95. The topological polar surface area (TPSA) is 50.4 Å². The van der Waals surface area contributed by atoms with Crippen LogP contribution in [0.25, 0.3) is 0 Å². The molecule has 2 aromatic carbocycles. The lowest BCUT2D eigenvalue weighted by Gasteiger charge is -2.11. The van der Waals surface area contributed by atoms with Crippen molar-refractivity contribution in [2.75, 3.05) is 17.2 Å². The van der Waals surface area contributed by atoms with E-state index in [4.69, 9.17) is 27.9 Å². The number of ether oxygens (including phenoxy) is 1. The lowest BCUT2D eigenvalue weighted by atomic mass is 10.2. The monoisotopic (exact) mass is 366 g/mol. The number of amides is 1. The van der Waals surface area contributed by atoms with E-state index in [0.717, 1.165) is 11.4 Å². The van der Waals surface area contributed by atoms with Crippen LogP contribution < -0.4 is 15.4 Å². The summed E-state index contributed by atoms with van der Waals surface area (Å²) in [5.41, 5.74) is 1.49. The average molecular weight is 367 g/mol. The summed E-state index contributed by atoms with van der Waals surface area (Å²) in [4.78, 5) is 12.0. The summed E-state index contributed by atoms with van der Waals surface area (Å²) in [6.45, 7) is 4.48. The zero-order chi connectivity index (χ0) is 17.5. The van der Waals surface area contributed by atoms with E-state index in [9.17, 15) is 4.79 Å². The Labute approximate surface area is 152 Å². The molecule has 2 rings (SSSR count). The number of nitrogens with one attached hydrogen (secondary N) is 2. The molecule has 0 atom stereocenters. The molecule has 0 bridgehead atoms. The van der Waals surface area contributed by atoms with Gasteiger partial charge in [0.1, 0.15) is 5.75 Å². The van der Waals surface area contributed by atoms with E-state index in [1.807, 2.05) is 38.1 Å². The molecule has 0 aliphatic carbocycles. The second-order valence-electron chi connectivity index (χ2n) is 5.54. The summed E-state index contributed by atoms with van der Waals surface area (Å²) in [6, 6.07) is 12.6. The van der Waals surface area contributed by atoms with Crippen molar-refractivity contribution in [3.05, 3.63) is 52.5 Å². The first-order chi connectivity index (χ1) is 11.4.